The van der Waals surface area contributed by atoms with E-state index in [4.69, 9.17) is 16.3 Å². The number of rotatable bonds is 8. The first-order chi connectivity index (χ1) is 13.9. The Hall–Kier alpha value is -2.62. The van der Waals surface area contributed by atoms with Gasteiger partial charge in [0.05, 0.1) is 17.7 Å². The molecule has 152 valence electrons. The molecule has 0 spiro atoms. The second-order valence-corrected chi connectivity index (χ2v) is 9.02. The molecule has 7 nitrogen and oxygen atoms in total. The summed E-state index contributed by atoms with van der Waals surface area (Å²) in [4.78, 5) is 16.7. The molecular weight excluding hydrogens is 434 g/mol. The van der Waals surface area contributed by atoms with Crippen LogP contribution in [-0.4, -0.2) is 33.0 Å². The lowest BCUT2D eigenvalue weighted by molar-refractivity contribution is -0.116. The second-order valence-electron chi connectivity index (χ2n) is 5.85. The summed E-state index contributed by atoms with van der Waals surface area (Å²) in [5, 5.41) is 5.12. The van der Waals surface area contributed by atoms with Gasteiger partial charge >= 0.3 is 0 Å². The highest BCUT2D eigenvalue weighted by molar-refractivity contribution is 7.93. The van der Waals surface area contributed by atoms with Crippen LogP contribution < -0.4 is 14.4 Å². The zero-order valence-electron chi connectivity index (χ0n) is 15.4. The minimum atomic E-state index is -3.86. The van der Waals surface area contributed by atoms with Crippen LogP contribution in [0.2, 0.25) is 5.02 Å². The van der Waals surface area contributed by atoms with Crippen molar-refractivity contribution in [2.24, 2.45) is 0 Å². The Morgan fingerprint density at radius 2 is 2.00 bits per heavy atom. The standard InChI is InChI=1S/C19H18ClN3O4S2/c1-27-17-8-7-14(20)13-16(17)22-18(24)9-11-23(19-21-10-12-28-19)29(25,26)15-5-3-2-4-6-15/h2-8,10,12-13H,9,11H2,1H3,(H,22,24). The molecule has 0 aliphatic rings. The lowest BCUT2D eigenvalue weighted by Crippen LogP contribution is -2.34. The van der Waals surface area contributed by atoms with Gasteiger partial charge in [0.25, 0.3) is 10.0 Å². The van der Waals surface area contributed by atoms with Crippen LogP contribution >= 0.6 is 22.9 Å². The number of carbonyl (C=O) groups is 1. The van der Waals surface area contributed by atoms with Gasteiger partial charge in [0.2, 0.25) is 5.91 Å². The summed E-state index contributed by atoms with van der Waals surface area (Å²) < 4.78 is 32.5. The topological polar surface area (TPSA) is 88.6 Å². The van der Waals surface area contributed by atoms with E-state index in [-0.39, 0.29) is 23.8 Å². The van der Waals surface area contributed by atoms with Gasteiger partial charge < -0.3 is 10.1 Å². The number of thiazole rings is 1. The number of nitrogens with zero attached hydrogens (tertiary/aromatic N) is 2. The fraction of sp³-hybridized carbons (Fsp3) is 0.158. The molecule has 0 saturated heterocycles. The fourth-order valence-electron chi connectivity index (χ4n) is 2.57. The van der Waals surface area contributed by atoms with Gasteiger partial charge in [-0.25, -0.2) is 17.7 Å². The van der Waals surface area contributed by atoms with Crippen molar-refractivity contribution in [3.63, 3.8) is 0 Å². The van der Waals surface area contributed by atoms with Crippen LogP contribution in [0.25, 0.3) is 0 Å². The first-order valence-corrected chi connectivity index (χ1v) is 11.2. The Labute approximate surface area is 178 Å². The Bertz CT molecular complexity index is 1070. The van der Waals surface area contributed by atoms with E-state index in [0.717, 1.165) is 4.31 Å². The number of benzene rings is 2. The van der Waals surface area contributed by atoms with Crippen LogP contribution in [0.4, 0.5) is 10.8 Å². The molecule has 2 aromatic carbocycles. The molecule has 1 aromatic heterocycles. The van der Waals surface area contributed by atoms with E-state index in [0.29, 0.717) is 21.6 Å². The van der Waals surface area contributed by atoms with Gasteiger partial charge in [-0.2, -0.15) is 0 Å². The number of methoxy groups -OCH3 is 1. The van der Waals surface area contributed by atoms with E-state index in [9.17, 15) is 13.2 Å². The molecule has 0 saturated carbocycles. The number of carbonyl (C=O) groups excluding carboxylic acids is 1. The number of hydrogen-bond donors (Lipinski definition) is 1. The summed E-state index contributed by atoms with van der Waals surface area (Å²) in [5.74, 6) is 0.0758. The number of ether oxygens (including phenoxy) is 1. The van der Waals surface area contributed by atoms with Crippen molar-refractivity contribution in [2.75, 3.05) is 23.3 Å². The summed E-state index contributed by atoms with van der Waals surface area (Å²) >= 11 is 7.16. The Morgan fingerprint density at radius 3 is 2.66 bits per heavy atom. The number of nitrogens with one attached hydrogen (secondary N) is 1. The predicted molar refractivity (Wildman–Crippen MR) is 114 cm³/mol. The second kappa shape index (κ2) is 9.25. The summed E-state index contributed by atoms with van der Waals surface area (Å²) in [7, 11) is -2.37. The van der Waals surface area contributed by atoms with E-state index >= 15 is 0 Å². The number of aromatic nitrogens is 1. The average Bonchev–Trinajstić information content (AvgIpc) is 3.23. The Balaban J connectivity index is 1.78. The molecular formula is C19H18ClN3O4S2. The molecule has 0 bridgehead atoms. The molecule has 1 heterocycles. The molecule has 0 atom stereocenters. The lowest BCUT2D eigenvalue weighted by atomic mass is 10.2. The van der Waals surface area contributed by atoms with Gasteiger partial charge in [-0.15, -0.1) is 11.3 Å². The zero-order chi connectivity index (χ0) is 20.9. The van der Waals surface area contributed by atoms with E-state index in [1.807, 2.05) is 0 Å². The smallest absolute Gasteiger partial charge is 0.266 e. The van der Waals surface area contributed by atoms with Gasteiger partial charge in [0.15, 0.2) is 5.13 Å². The fourth-order valence-corrected chi connectivity index (χ4v) is 5.08. The van der Waals surface area contributed by atoms with Gasteiger partial charge in [0, 0.05) is 29.6 Å². The number of amides is 1. The van der Waals surface area contributed by atoms with Crippen LogP contribution in [0.3, 0.4) is 0 Å². The zero-order valence-corrected chi connectivity index (χ0v) is 17.8. The SMILES string of the molecule is COc1ccc(Cl)cc1NC(=O)CCN(c1nccs1)S(=O)(=O)c1ccccc1. The summed E-state index contributed by atoms with van der Waals surface area (Å²) in [6.07, 6.45) is 1.44. The normalized spacial score (nSPS) is 11.1. The largest absolute Gasteiger partial charge is 0.495 e. The van der Waals surface area contributed by atoms with E-state index in [1.165, 1.54) is 36.8 Å². The van der Waals surface area contributed by atoms with Crippen LogP contribution in [0.15, 0.2) is 65.0 Å². The van der Waals surface area contributed by atoms with Crippen LogP contribution in [-0.2, 0) is 14.8 Å². The number of anilines is 2. The molecule has 29 heavy (non-hydrogen) atoms. The molecule has 1 N–H and O–H groups in total. The minimum Gasteiger partial charge on any atom is -0.495 e. The van der Waals surface area contributed by atoms with Gasteiger partial charge in [0.1, 0.15) is 5.75 Å². The average molecular weight is 452 g/mol. The monoisotopic (exact) mass is 451 g/mol. The Morgan fingerprint density at radius 1 is 1.24 bits per heavy atom. The highest BCUT2D eigenvalue weighted by atomic mass is 35.5. The van der Waals surface area contributed by atoms with E-state index < -0.39 is 10.0 Å². The molecule has 0 unspecified atom stereocenters. The molecule has 0 fully saturated rings. The number of hydrogen-bond acceptors (Lipinski definition) is 6. The maximum atomic E-state index is 13.1. The number of sulfonamides is 1. The molecule has 3 rings (SSSR count). The Kier molecular flexibility index (Phi) is 6.73. The third kappa shape index (κ3) is 5.06. The molecule has 1 amide bonds. The number of halogens is 1. The summed E-state index contributed by atoms with van der Waals surface area (Å²) in [5.41, 5.74) is 0.414. The maximum absolute atomic E-state index is 13.1. The molecule has 0 radical (unpaired) electrons. The van der Waals surface area contributed by atoms with Crippen molar-refractivity contribution in [1.82, 2.24) is 4.98 Å². The van der Waals surface area contributed by atoms with Crippen LogP contribution in [0, 0.1) is 0 Å². The van der Waals surface area contributed by atoms with Gasteiger partial charge in [-0.05, 0) is 30.3 Å². The maximum Gasteiger partial charge on any atom is 0.266 e. The highest BCUT2D eigenvalue weighted by Gasteiger charge is 2.27. The molecule has 0 aliphatic carbocycles. The van der Waals surface area contributed by atoms with Crippen molar-refractivity contribution >= 4 is 49.7 Å². The van der Waals surface area contributed by atoms with Gasteiger partial charge in [-0.3, -0.25) is 4.79 Å². The third-order valence-corrected chi connectivity index (χ3v) is 6.89. The highest BCUT2D eigenvalue weighted by Crippen LogP contribution is 2.29. The summed E-state index contributed by atoms with van der Waals surface area (Å²) in [6, 6.07) is 12.9. The molecule has 3 aromatic rings. The van der Waals surface area contributed by atoms with Crippen LogP contribution in [0.1, 0.15) is 6.42 Å². The first-order valence-electron chi connectivity index (χ1n) is 8.52. The van der Waals surface area contributed by atoms with Crippen molar-refractivity contribution < 1.29 is 17.9 Å². The van der Waals surface area contributed by atoms with E-state index in [2.05, 4.69) is 10.3 Å². The van der Waals surface area contributed by atoms with Crippen molar-refractivity contribution in [3.8, 4) is 5.75 Å². The predicted octanol–water partition coefficient (Wildman–Crippen LogP) is 4.03. The van der Waals surface area contributed by atoms with Crippen molar-refractivity contribution in [2.45, 2.75) is 11.3 Å². The van der Waals surface area contributed by atoms with Crippen molar-refractivity contribution in [1.29, 1.82) is 0 Å². The van der Waals surface area contributed by atoms with E-state index in [1.54, 1.807) is 41.8 Å². The molecule has 10 heteroatoms. The molecule has 0 aliphatic heterocycles. The lowest BCUT2D eigenvalue weighted by Gasteiger charge is -2.21. The van der Waals surface area contributed by atoms with Crippen LogP contribution in [0.5, 0.6) is 5.75 Å². The van der Waals surface area contributed by atoms with Gasteiger partial charge in [-0.1, -0.05) is 29.8 Å². The van der Waals surface area contributed by atoms with Crippen molar-refractivity contribution in [3.05, 3.63) is 65.1 Å². The minimum absolute atomic E-state index is 0.0700. The quantitative estimate of drug-likeness (QED) is 0.558. The first kappa shape index (κ1) is 21.1. The summed E-state index contributed by atoms with van der Waals surface area (Å²) in [6.45, 7) is -0.0700. The third-order valence-electron chi connectivity index (χ3n) is 3.94.